The molecule has 1 aliphatic rings. The minimum Gasteiger partial charge on any atom is -0.480 e. The van der Waals surface area contributed by atoms with Crippen molar-refractivity contribution in [3.8, 4) is 0 Å². The van der Waals surface area contributed by atoms with E-state index in [4.69, 9.17) is 16.7 Å². The van der Waals surface area contributed by atoms with Crippen LogP contribution in [0.5, 0.6) is 0 Å². The molecule has 0 aliphatic carbocycles. The van der Waals surface area contributed by atoms with Gasteiger partial charge in [-0.25, -0.2) is 0 Å². The van der Waals surface area contributed by atoms with Crippen molar-refractivity contribution in [2.75, 3.05) is 11.4 Å². The zero-order chi connectivity index (χ0) is 19.4. The van der Waals surface area contributed by atoms with E-state index in [2.05, 4.69) is 0 Å². The fraction of sp³-hybridized carbons (Fsp3) is 0.143. The number of halogens is 1. The highest BCUT2D eigenvalue weighted by Gasteiger charge is 2.31. The third-order valence-corrected chi connectivity index (χ3v) is 5.66. The van der Waals surface area contributed by atoms with Crippen LogP contribution in [0.15, 0.2) is 54.7 Å². The first kappa shape index (κ1) is 16.9. The summed E-state index contributed by atoms with van der Waals surface area (Å²) in [6, 6.07) is 15.3. The number of aromatic nitrogens is 2. The third kappa shape index (κ3) is 2.42. The van der Waals surface area contributed by atoms with Crippen molar-refractivity contribution in [2.24, 2.45) is 0 Å². The second-order valence-corrected chi connectivity index (χ2v) is 7.25. The van der Waals surface area contributed by atoms with E-state index in [1.165, 1.54) is 0 Å². The number of hydrogen-bond donors (Lipinski definition) is 1. The number of hydrogen-bond acceptors (Lipinski definition) is 2. The van der Waals surface area contributed by atoms with E-state index in [0.717, 1.165) is 27.5 Å². The highest BCUT2D eigenvalue weighted by Crippen LogP contribution is 2.35. The van der Waals surface area contributed by atoms with Crippen LogP contribution < -0.4 is 4.90 Å². The molecule has 1 amide bonds. The molecule has 6 nitrogen and oxygen atoms in total. The van der Waals surface area contributed by atoms with Crippen molar-refractivity contribution in [1.29, 1.82) is 0 Å². The van der Waals surface area contributed by atoms with Gasteiger partial charge in [0, 0.05) is 30.4 Å². The predicted octanol–water partition coefficient (Wildman–Crippen LogP) is 3.99. The summed E-state index contributed by atoms with van der Waals surface area (Å²) in [5, 5.41) is 11.4. The Morgan fingerprint density at radius 2 is 1.89 bits per heavy atom. The summed E-state index contributed by atoms with van der Waals surface area (Å²) >= 11 is 6.55. The Labute approximate surface area is 165 Å². The van der Waals surface area contributed by atoms with Gasteiger partial charge in [0.25, 0.3) is 5.91 Å². The second-order valence-electron chi connectivity index (χ2n) is 6.87. The lowest BCUT2D eigenvalue weighted by Gasteiger charge is -2.29. The number of carbonyl (C=O) groups excluding carboxylic acids is 1. The maximum Gasteiger partial charge on any atom is 0.323 e. The van der Waals surface area contributed by atoms with Gasteiger partial charge < -0.3 is 19.1 Å². The number of rotatable bonds is 3. The van der Waals surface area contributed by atoms with E-state index >= 15 is 0 Å². The van der Waals surface area contributed by atoms with Gasteiger partial charge in [-0.15, -0.1) is 0 Å². The first-order valence-corrected chi connectivity index (χ1v) is 9.31. The van der Waals surface area contributed by atoms with Gasteiger partial charge in [-0.05, 0) is 29.7 Å². The summed E-state index contributed by atoms with van der Waals surface area (Å²) in [7, 11) is 0. The fourth-order valence-corrected chi connectivity index (χ4v) is 4.34. The van der Waals surface area contributed by atoms with Crippen molar-refractivity contribution in [3.63, 3.8) is 0 Å². The molecule has 2 aromatic carbocycles. The van der Waals surface area contributed by atoms with E-state index in [9.17, 15) is 9.59 Å². The molecule has 140 valence electrons. The Bertz CT molecular complexity index is 1270. The molecule has 1 N–H and O–H groups in total. The van der Waals surface area contributed by atoms with Crippen molar-refractivity contribution in [2.45, 2.75) is 13.1 Å². The summed E-state index contributed by atoms with van der Waals surface area (Å²) in [5.74, 6) is -1.06. The maximum absolute atomic E-state index is 13.3. The molecule has 0 spiro atoms. The molecule has 4 aromatic rings. The molecule has 0 radical (unpaired) electrons. The van der Waals surface area contributed by atoms with Crippen LogP contribution in [0.25, 0.3) is 21.8 Å². The van der Waals surface area contributed by atoms with Crippen LogP contribution in [0.3, 0.4) is 0 Å². The normalized spacial score (nSPS) is 14.0. The van der Waals surface area contributed by atoms with Crippen molar-refractivity contribution < 1.29 is 14.7 Å². The maximum atomic E-state index is 13.3. The van der Waals surface area contributed by atoms with Crippen LogP contribution in [0.2, 0.25) is 5.02 Å². The topological polar surface area (TPSA) is 67.5 Å². The predicted molar refractivity (Wildman–Crippen MR) is 108 cm³/mol. The molecule has 0 bridgehead atoms. The van der Waals surface area contributed by atoms with E-state index in [0.29, 0.717) is 23.8 Å². The monoisotopic (exact) mass is 393 g/mol. The Balaban J connectivity index is 1.60. The third-order valence-electron chi connectivity index (χ3n) is 5.28. The largest absolute Gasteiger partial charge is 0.480 e. The van der Waals surface area contributed by atoms with Gasteiger partial charge in [-0.2, -0.15) is 0 Å². The van der Waals surface area contributed by atoms with Crippen LogP contribution >= 0.6 is 11.6 Å². The lowest BCUT2D eigenvalue weighted by Crippen LogP contribution is -2.40. The molecule has 7 heteroatoms. The minimum absolute atomic E-state index is 0.124. The SMILES string of the molecule is O=C(O)Cn1ccc2ccc(N3CCn4c(c(Cl)c5ccccc54)C3=O)cc21. The summed E-state index contributed by atoms with van der Waals surface area (Å²) in [5.41, 5.74) is 2.97. The first-order valence-electron chi connectivity index (χ1n) is 8.94. The Hall–Kier alpha value is -3.25. The average Bonchev–Trinajstić information content (AvgIpc) is 3.21. The molecular formula is C21H16ClN3O3. The molecule has 2 aromatic heterocycles. The summed E-state index contributed by atoms with van der Waals surface area (Å²) in [6.07, 6.45) is 1.75. The standard InChI is InChI=1S/C21H16ClN3O3/c22-19-15-3-1-2-4-16(15)25-10-9-24(21(28)20(19)25)14-6-5-13-7-8-23(12-18(26)27)17(13)11-14/h1-8,11H,9-10,12H2,(H,26,27). The number of nitrogens with zero attached hydrogens (tertiary/aromatic N) is 3. The highest BCUT2D eigenvalue weighted by molar-refractivity contribution is 6.39. The van der Waals surface area contributed by atoms with E-state index in [1.807, 2.05) is 53.1 Å². The molecule has 0 unspecified atom stereocenters. The Kier molecular flexibility index (Phi) is 3.70. The smallest absolute Gasteiger partial charge is 0.323 e. The summed E-state index contributed by atoms with van der Waals surface area (Å²) in [6.45, 7) is 1.04. The quantitative estimate of drug-likeness (QED) is 0.572. The van der Waals surface area contributed by atoms with Crippen LogP contribution in [0.1, 0.15) is 10.5 Å². The van der Waals surface area contributed by atoms with E-state index in [1.54, 1.807) is 15.7 Å². The zero-order valence-electron chi connectivity index (χ0n) is 14.8. The molecule has 1 aliphatic heterocycles. The number of fused-ring (bicyclic) bond motifs is 4. The Morgan fingerprint density at radius 3 is 2.71 bits per heavy atom. The van der Waals surface area contributed by atoms with Crippen molar-refractivity contribution >= 4 is 51.0 Å². The fourth-order valence-electron chi connectivity index (χ4n) is 4.00. The zero-order valence-corrected chi connectivity index (χ0v) is 15.6. The van der Waals surface area contributed by atoms with Gasteiger partial charge in [0.1, 0.15) is 12.2 Å². The lowest BCUT2D eigenvalue weighted by atomic mass is 10.2. The molecular weight excluding hydrogens is 378 g/mol. The first-order chi connectivity index (χ1) is 13.5. The second kappa shape index (κ2) is 6.14. The van der Waals surface area contributed by atoms with Crippen molar-refractivity contribution in [3.05, 3.63) is 65.4 Å². The molecule has 3 heterocycles. The van der Waals surface area contributed by atoms with E-state index < -0.39 is 5.97 Å². The van der Waals surface area contributed by atoms with Crippen molar-refractivity contribution in [1.82, 2.24) is 9.13 Å². The van der Waals surface area contributed by atoms with Gasteiger partial charge in [0.05, 0.1) is 16.1 Å². The number of aliphatic carboxylic acids is 1. The summed E-state index contributed by atoms with van der Waals surface area (Å²) in [4.78, 5) is 26.1. The average molecular weight is 394 g/mol. The van der Waals surface area contributed by atoms with Gasteiger partial charge in [0.15, 0.2) is 0 Å². The van der Waals surface area contributed by atoms with Crippen LogP contribution in [0, 0.1) is 0 Å². The number of carboxylic acids is 1. The molecule has 0 atom stereocenters. The van der Waals surface area contributed by atoms with Gasteiger partial charge in [-0.1, -0.05) is 35.9 Å². The summed E-state index contributed by atoms with van der Waals surface area (Å²) < 4.78 is 3.64. The van der Waals surface area contributed by atoms with Gasteiger partial charge in [-0.3, -0.25) is 9.59 Å². The molecule has 0 fully saturated rings. The van der Waals surface area contributed by atoms with Gasteiger partial charge in [0.2, 0.25) is 0 Å². The minimum atomic E-state index is -0.909. The molecule has 0 saturated heterocycles. The highest BCUT2D eigenvalue weighted by atomic mass is 35.5. The number of amides is 1. The molecule has 0 saturated carbocycles. The Morgan fingerprint density at radius 1 is 1.07 bits per heavy atom. The number of para-hydroxylation sites is 1. The van der Waals surface area contributed by atoms with Gasteiger partial charge >= 0.3 is 5.97 Å². The number of carboxylic acid groups (broad SMARTS) is 1. The van der Waals surface area contributed by atoms with E-state index in [-0.39, 0.29) is 12.5 Å². The molecule has 5 rings (SSSR count). The number of benzene rings is 2. The van der Waals surface area contributed by atoms with Crippen LogP contribution in [-0.2, 0) is 17.9 Å². The lowest BCUT2D eigenvalue weighted by molar-refractivity contribution is -0.137. The number of carbonyl (C=O) groups is 2. The van der Waals surface area contributed by atoms with Crippen LogP contribution in [-0.4, -0.2) is 32.7 Å². The number of anilines is 1. The molecule has 28 heavy (non-hydrogen) atoms. The van der Waals surface area contributed by atoms with Crippen LogP contribution in [0.4, 0.5) is 5.69 Å².